The molecule has 1 fully saturated rings. The predicted octanol–water partition coefficient (Wildman–Crippen LogP) is 3.85. The molecule has 2 aromatic rings. The van der Waals surface area contributed by atoms with Gasteiger partial charge in [0, 0.05) is 35.7 Å². The van der Waals surface area contributed by atoms with Crippen LogP contribution in [0.25, 0.3) is 0 Å². The normalized spacial score (nSPS) is 13.7. The molecule has 0 spiro atoms. The second kappa shape index (κ2) is 9.17. The Balaban J connectivity index is 1.51. The Kier molecular flexibility index (Phi) is 6.42. The highest BCUT2D eigenvalue weighted by Gasteiger charge is 2.13. The number of amides is 2. The number of rotatable bonds is 6. The van der Waals surface area contributed by atoms with E-state index in [0.29, 0.717) is 16.9 Å². The average Bonchev–Trinajstić information content (AvgIpc) is 2.69. The highest BCUT2D eigenvalue weighted by Crippen LogP contribution is 2.22. The van der Waals surface area contributed by atoms with Gasteiger partial charge in [0.1, 0.15) is 6.42 Å². The molecule has 28 heavy (non-hydrogen) atoms. The van der Waals surface area contributed by atoms with Gasteiger partial charge in [-0.3, -0.25) is 14.4 Å². The Labute approximate surface area is 164 Å². The molecule has 0 unspecified atom stereocenters. The summed E-state index contributed by atoms with van der Waals surface area (Å²) < 4.78 is 0. The number of Topliss-reactive ketones (excluding diaryl/α,β-unsaturated/α-hetero) is 1. The minimum atomic E-state index is -0.428. The molecule has 0 atom stereocenters. The Bertz CT molecular complexity index is 856. The second-order valence-electron chi connectivity index (χ2n) is 7.00. The zero-order valence-corrected chi connectivity index (χ0v) is 16.0. The Morgan fingerprint density at radius 2 is 1.50 bits per heavy atom. The van der Waals surface area contributed by atoms with E-state index in [9.17, 15) is 14.4 Å². The maximum atomic E-state index is 12.1. The van der Waals surface area contributed by atoms with Crippen LogP contribution in [0, 0.1) is 0 Å². The van der Waals surface area contributed by atoms with Gasteiger partial charge >= 0.3 is 0 Å². The van der Waals surface area contributed by atoms with Crippen LogP contribution in [0.2, 0.25) is 0 Å². The minimum Gasteiger partial charge on any atom is -0.372 e. The SMILES string of the molecule is CC(=O)c1cccc(NC(=O)CC(=O)Nc2ccc(N3CCCCC3)cc2)c1. The molecule has 6 heteroatoms. The van der Waals surface area contributed by atoms with Crippen molar-refractivity contribution in [1.29, 1.82) is 0 Å². The fourth-order valence-corrected chi connectivity index (χ4v) is 3.28. The molecular formula is C22H25N3O3. The smallest absolute Gasteiger partial charge is 0.233 e. The average molecular weight is 379 g/mol. The van der Waals surface area contributed by atoms with Crippen molar-refractivity contribution in [3.8, 4) is 0 Å². The number of carbonyl (C=O) groups excluding carboxylic acids is 3. The van der Waals surface area contributed by atoms with Crippen LogP contribution in [0.15, 0.2) is 48.5 Å². The summed E-state index contributed by atoms with van der Waals surface area (Å²) in [6, 6.07) is 14.3. The van der Waals surface area contributed by atoms with Crippen LogP contribution in [0.4, 0.5) is 17.1 Å². The monoisotopic (exact) mass is 379 g/mol. The number of nitrogens with one attached hydrogen (secondary N) is 2. The third-order valence-electron chi connectivity index (χ3n) is 4.75. The first-order valence-corrected chi connectivity index (χ1v) is 9.57. The summed E-state index contributed by atoms with van der Waals surface area (Å²) in [4.78, 5) is 38.0. The molecule has 1 heterocycles. The summed E-state index contributed by atoms with van der Waals surface area (Å²) in [6.07, 6.45) is 3.41. The van der Waals surface area contributed by atoms with E-state index in [1.165, 1.54) is 26.2 Å². The molecule has 0 aromatic heterocycles. The summed E-state index contributed by atoms with van der Waals surface area (Å²) in [5, 5.41) is 5.39. The van der Waals surface area contributed by atoms with Gasteiger partial charge < -0.3 is 15.5 Å². The first-order valence-electron chi connectivity index (χ1n) is 9.57. The van der Waals surface area contributed by atoms with Crippen molar-refractivity contribution in [2.75, 3.05) is 28.6 Å². The van der Waals surface area contributed by atoms with Crippen LogP contribution in [-0.2, 0) is 9.59 Å². The standard InChI is InChI=1S/C22H25N3O3/c1-16(26)17-6-5-7-19(14-17)24-22(28)15-21(27)23-18-8-10-20(11-9-18)25-12-3-2-4-13-25/h5-11,14H,2-4,12-13,15H2,1H3,(H,23,27)(H,24,28). The number of nitrogens with zero attached hydrogens (tertiary/aromatic N) is 1. The van der Waals surface area contributed by atoms with Gasteiger partial charge in [-0.05, 0) is 62.6 Å². The van der Waals surface area contributed by atoms with Crippen molar-refractivity contribution >= 4 is 34.7 Å². The first kappa shape index (κ1) is 19.6. The number of hydrogen-bond donors (Lipinski definition) is 2. The lowest BCUT2D eigenvalue weighted by Gasteiger charge is -2.28. The number of anilines is 3. The predicted molar refractivity (Wildman–Crippen MR) is 111 cm³/mol. The molecular weight excluding hydrogens is 354 g/mol. The van der Waals surface area contributed by atoms with E-state index in [2.05, 4.69) is 15.5 Å². The zero-order valence-electron chi connectivity index (χ0n) is 16.0. The number of carbonyl (C=O) groups is 3. The molecule has 0 saturated carbocycles. The molecule has 2 N–H and O–H groups in total. The molecule has 6 nitrogen and oxygen atoms in total. The summed E-state index contributed by atoms with van der Waals surface area (Å²) >= 11 is 0. The molecule has 0 radical (unpaired) electrons. The van der Waals surface area contributed by atoms with Gasteiger partial charge in [0.05, 0.1) is 0 Å². The van der Waals surface area contributed by atoms with Gasteiger partial charge in [0.2, 0.25) is 11.8 Å². The summed E-state index contributed by atoms with van der Waals surface area (Å²) in [6.45, 7) is 3.60. The zero-order chi connectivity index (χ0) is 19.9. The van der Waals surface area contributed by atoms with Crippen molar-refractivity contribution in [1.82, 2.24) is 0 Å². The van der Waals surface area contributed by atoms with Gasteiger partial charge in [-0.1, -0.05) is 12.1 Å². The van der Waals surface area contributed by atoms with Crippen LogP contribution in [0.5, 0.6) is 0 Å². The molecule has 2 amide bonds. The van der Waals surface area contributed by atoms with Crippen LogP contribution < -0.4 is 15.5 Å². The molecule has 0 aliphatic carbocycles. The molecule has 1 saturated heterocycles. The number of benzene rings is 2. The summed E-state index contributed by atoms with van der Waals surface area (Å²) in [5.74, 6) is -0.893. The van der Waals surface area contributed by atoms with Crippen LogP contribution >= 0.6 is 0 Å². The summed E-state index contributed by atoms with van der Waals surface area (Å²) in [5.41, 5.74) is 2.82. The van der Waals surface area contributed by atoms with Gasteiger partial charge in [-0.2, -0.15) is 0 Å². The van der Waals surface area contributed by atoms with Crippen molar-refractivity contribution in [3.63, 3.8) is 0 Å². The molecule has 2 aromatic carbocycles. The molecule has 1 aliphatic heterocycles. The fraction of sp³-hybridized carbons (Fsp3) is 0.318. The topological polar surface area (TPSA) is 78.5 Å². The quantitative estimate of drug-likeness (QED) is 0.590. The fourth-order valence-electron chi connectivity index (χ4n) is 3.28. The van der Waals surface area contributed by atoms with E-state index in [-0.39, 0.29) is 18.1 Å². The lowest BCUT2D eigenvalue weighted by atomic mass is 10.1. The number of hydrogen-bond acceptors (Lipinski definition) is 4. The number of ketones is 1. The molecule has 3 rings (SSSR count). The van der Waals surface area contributed by atoms with Crippen molar-refractivity contribution in [3.05, 3.63) is 54.1 Å². The Morgan fingerprint density at radius 3 is 2.14 bits per heavy atom. The molecule has 146 valence electrons. The molecule has 1 aliphatic rings. The maximum Gasteiger partial charge on any atom is 0.233 e. The van der Waals surface area contributed by atoms with Gasteiger partial charge in [-0.25, -0.2) is 0 Å². The van der Waals surface area contributed by atoms with Crippen LogP contribution in [-0.4, -0.2) is 30.7 Å². The van der Waals surface area contributed by atoms with Crippen LogP contribution in [0.3, 0.4) is 0 Å². The summed E-state index contributed by atoms with van der Waals surface area (Å²) in [7, 11) is 0. The third kappa shape index (κ3) is 5.42. The largest absolute Gasteiger partial charge is 0.372 e. The Hall–Kier alpha value is -3.15. The highest BCUT2D eigenvalue weighted by atomic mass is 16.2. The van der Waals surface area contributed by atoms with E-state index < -0.39 is 5.91 Å². The number of piperidine rings is 1. The van der Waals surface area contributed by atoms with E-state index in [0.717, 1.165) is 18.8 Å². The van der Waals surface area contributed by atoms with E-state index in [4.69, 9.17) is 0 Å². The Morgan fingerprint density at radius 1 is 0.857 bits per heavy atom. The third-order valence-corrected chi connectivity index (χ3v) is 4.75. The van der Waals surface area contributed by atoms with E-state index >= 15 is 0 Å². The van der Waals surface area contributed by atoms with Gasteiger partial charge in [0.25, 0.3) is 0 Å². The lowest BCUT2D eigenvalue weighted by Crippen LogP contribution is -2.29. The van der Waals surface area contributed by atoms with Crippen molar-refractivity contribution in [2.24, 2.45) is 0 Å². The molecule has 0 bridgehead atoms. The first-order chi connectivity index (χ1) is 13.5. The highest BCUT2D eigenvalue weighted by molar-refractivity contribution is 6.08. The van der Waals surface area contributed by atoms with Crippen LogP contribution in [0.1, 0.15) is 43.0 Å². The van der Waals surface area contributed by atoms with Gasteiger partial charge in [0.15, 0.2) is 5.78 Å². The second-order valence-corrected chi connectivity index (χ2v) is 7.00. The van der Waals surface area contributed by atoms with Crippen molar-refractivity contribution < 1.29 is 14.4 Å². The van der Waals surface area contributed by atoms with Gasteiger partial charge in [-0.15, -0.1) is 0 Å². The van der Waals surface area contributed by atoms with E-state index in [1.807, 2.05) is 24.3 Å². The van der Waals surface area contributed by atoms with Crippen molar-refractivity contribution in [2.45, 2.75) is 32.6 Å². The van der Waals surface area contributed by atoms with E-state index in [1.54, 1.807) is 24.3 Å². The minimum absolute atomic E-state index is 0.0816. The lowest BCUT2D eigenvalue weighted by molar-refractivity contribution is -0.123. The maximum absolute atomic E-state index is 12.1.